The summed E-state index contributed by atoms with van der Waals surface area (Å²) in [6, 6.07) is 5.84. The van der Waals surface area contributed by atoms with Crippen LogP contribution in [0.5, 0.6) is 0 Å². The lowest BCUT2D eigenvalue weighted by Crippen LogP contribution is -2.33. The number of hydrazone groups is 1. The molecule has 0 radical (unpaired) electrons. The Morgan fingerprint density at radius 1 is 1.24 bits per heavy atom. The van der Waals surface area contributed by atoms with Gasteiger partial charge in [0.05, 0.1) is 19.5 Å². The molecule has 4 N–H and O–H groups in total. The van der Waals surface area contributed by atoms with Crippen LogP contribution in [-0.2, 0) is 6.54 Å². The molecular formula is C11H18Cl3N6O+. The number of hydrogen-bond donors (Lipinski definition) is 2. The van der Waals surface area contributed by atoms with E-state index in [1.54, 1.807) is 7.05 Å². The van der Waals surface area contributed by atoms with E-state index in [2.05, 4.69) is 16.7 Å². The molecule has 2 aromatic heterocycles. The maximum absolute atomic E-state index is 5.54. The Hall–Kier alpha value is -1.38. The average molecular weight is 357 g/mol. The second-order valence-electron chi connectivity index (χ2n) is 3.71. The van der Waals surface area contributed by atoms with E-state index in [-0.39, 0.29) is 43.2 Å². The Bertz CT molecular complexity index is 575. The third kappa shape index (κ3) is 5.14. The van der Waals surface area contributed by atoms with Crippen LogP contribution in [0.4, 0.5) is 6.01 Å². The molecule has 2 rings (SSSR count). The van der Waals surface area contributed by atoms with E-state index in [9.17, 15) is 0 Å². The Balaban J connectivity index is 0. The van der Waals surface area contributed by atoms with Crippen molar-refractivity contribution in [3.63, 3.8) is 0 Å². The Labute approximate surface area is 141 Å². The number of hydrogen-bond acceptors (Lipinski definition) is 6. The van der Waals surface area contributed by atoms with Crippen LogP contribution < -0.4 is 11.6 Å². The van der Waals surface area contributed by atoms with Crippen molar-refractivity contribution < 1.29 is 9.10 Å². The third-order valence-electron chi connectivity index (χ3n) is 2.37. The van der Waals surface area contributed by atoms with Gasteiger partial charge in [0.2, 0.25) is 5.69 Å². The van der Waals surface area contributed by atoms with Gasteiger partial charge >= 0.3 is 6.01 Å². The van der Waals surface area contributed by atoms with E-state index >= 15 is 0 Å². The van der Waals surface area contributed by atoms with E-state index in [0.717, 1.165) is 5.69 Å². The van der Waals surface area contributed by atoms with E-state index in [0.29, 0.717) is 17.9 Å². The van der Waals surface area contributed by atoms with Crippen molar-refractivity contribution >= 4 is 50.0 Å². The Morgan fingerprint density at radius 2 is 1.90 bits per heavy atom. The summed E-state index contributed by atoms with van der Waals surface area (Å²) in [6.07, 6.45) is 1.50. The molecule has 0 aliphatic rings. The van der Waals surface area contributed by atoms with Crippen LogP contribution >= 0.6 is 37.2 Å². The summed E-state index contributed by atoms with van der Waals surface area (Å²) in [5.74, 6) is 5.53. The third-order valence-corrected chi connectivity index (χ3v) is 2.37. The summed E-state index contributed by atoms with van der Waals surface area (Å²) >= 11 is 0. The van der Waals surface area contributed by atoms with Crippen molar-refractivity contribution in [2.45, 2.75) is 6.54 Å². The van der Waals surface area contributed by atoms with E-state index in [1.807, 2.05) is 18.2 Å². The minimum Gasteiger partial charge on any atom is -0.390 e. The van der Waals surface area contributed by atoms with E-state index < -0.39 is 0 Å². The molecule has 0 saturated heterocycles. The van der Waals surface area contributed by atoms with Crippen LogP contribution in [0.1, 0.15) is 5.69 Å². The van der Waals surface area contributed by atoms with Gasteiger partial charge in [0, 0.05) is 11.5 Å². The Morgan fingerprint density at radius 3 is 2.48 bits per heavy atom. The highest BCUT2D eigenvalue weighted by molar-refractivity contribution is 5.86. The minimum absolute atomic E-state index is 0. The largest absolute Gasteiger partial charge is 0.528 e. The lowest BCUT2D eigenvalue weighted by Gasteiger charge is -2.05. The van der Waals surface area contributed by atoms with Gasteiger partial charge in [-0.05, 0) is 12.1 Å². The van der Waals surface area contributed by atoms with Crippen LogP contribution in [0.2, 0.25) is 0 Å². The smallest absolute Gasteiger partial charge is 0.390 e. The van der Waals surface area contributed by atoms with Crippen molar-refractivity contribution in [3.8, 4) is 11.4 Å². The number of pyridine rings is 1. The average Bonchev–Trinajstić information content (AvgIpc) is 2.87. The number of oxazole rings is 1. The highest BCUT2D eigenvalue weighted by Crippen LogP contribution is 2.20. The normalized spacial score (nSPS) is 8.90. The fourth-order valence-corrected chi connectivity index (χ4v) is 1.37. The maximum atomic E-state index is 5.54. The Kier molecular flexibility index (Phi) is 9.95. The summed E-state index contributed by atoms with van der Waals surface area (Å²) in [6.45, 7) is 4.07. The standard InChI is InChI=1S/C11H15N6O.3ClH/c1-16(17(2)13)11-15-10(7-18-11)9-5-3-4-8(6-12)14-9;;;/h3-5,7H,1,6,12-13H2,2H3;3*1H/q+1;;;. The summed E-state index contributed by atoms with van der Waals surface area (Å²) < 4.78 is 6.60. The number of aromatic nitrogens is 2. The number of rotatable bonds is 4. The molecule has 0 spiro atoms. The van der Waals surface area contributed by atoms with Gasteiger partial charge in [0.1, 0.15) is 5.69 Å². The lowest BCUT2D eigenvalue weighted by molar-refractivity contribution is -0.625. The van der Waals surface area contributed by atoms with Gasteiger partial charge in [-0.25, -0.2) is 10.8 Å². The molecule has 7 nitrogen and oxygen atoms in total. The van der Waals surface area contributed by atoms with Gasteiger partial charge in [0.25, 0.3) is 0 Å². The predicted molar refractivity (Wildman–Crippen MR) is 88.4 cm³/mol. The van der Waals surface area contributed by atoms with Gasteiger partial charge in [-0.1, -0.05) is 10.8 Å². The first kappa shape index (κ1) is 21.9. The summed E-state index contributed by atoms with van der Waals surface area (Å²) in [5, 5.41) is 1.26. The van der Waals surface area contributed by atoms with Gasteiger partial charge in [-0.15, -0.1) is 37.2 Å². The molecule has 118 valence electrons. The topological polar surface area (TPSA) is 97.2 Å². The molecule has 0 saturated carbocycles. The van der Waals surface area contributed by atoms with Crippen molar-refractivity contribution in [1.29, 1.82) is 0 Å². The number of nitrogens with two attached hydrogens (primary N) is 2. The molecule has 0 atom stereocenters. The lowest BCUT2D eigenvalue weighted by atomic mass is 10.2. The quantitative estimate of drug-likeness (QED) is 0.373. The van der Waals surface area contributed by atoms with Gasteiger partial charge < -0.3 is 10.2 Å². The van der Waals surface area contributed by atoms with Crippen LogP contribution in [0.15, 0.2) is 28.9 Å². The molecule has 0 unspecified atom stereocenters. The molecule has 2 heterocycles. The maximum Gasteiger partial charge on any atom is 0.528 e. The van der Waals surface area contributed by atoms with Gasteiger partial charge in [-0.2, -0.15) is 5.12 Å². The molecule has 10 heteroatoms. The van der Waals surface area contributed by atoms with Crippen molar-refractivity contribution in [3.05, 3.63) is 30.2 Å². The number of hydrazine groups is 2. The second-order valence-corrected chi connectivity index (χ2v) is 3.71. The molecule has 2 aromatic rings. The highest BCUT2D eigenvalue weighted by atomic mass is 35.5. The highest BCUT2D eigenvalue weighted by Gasteiger charge is 2.20. The zero-order valence-electron chi connectivity index (χ0n) is 11.3. The van der Waals surface area contributed by atoms with E-state index in [1.165, 1.54) is 16.1 Å². The molecule has 0 bridgehead atoms. The molecule has 0 aliphatic heterocycles. The predicted octanol–water partition coefficient (Wildman–Crippen LogP) is 1.53. The van der Waals surface area contributed by atoms with Crippen molar-refractivity contribution in [1.82, 2.24) is 15.1 Å². The summed E-state index contributed by atoms with van der Waals surface area (Å²) in [7, 11) is 1.63. The van der Waals surface area contributed by atoms with Gasteiger partial charge in [-0.3, -0.25) is 0 Å². The minimum atomic E-state index is 0. The van der Waals surface area contributed by atoms with Crippen LogP contribution in [-0.4, -0.2) is 33.5 Å². The van der Waals surface area contributed by atoms with Crippen molar-refractivity contribution in [2.24, 2.45) is 11.6 Å². The first-order chi connectivity index (χ1) is 8.61. The van der Waals surface area contributed by atoms with Crippen LogP contribution in [0.3, 0.4) is 0 Å². The fraction of sp³-hybridized carbons (Fsp3) is 0.182. The first-order valence-electron chi connectivity index (χ1n) is 5.32. The second kappa shape index (κ2) is 9.54. The molecule has 0 aliphatic carbocycles. The van der Waals surface area contributed by atoms with E-state index in [4.69, 9.17) is 16.0 Å². The van der Waals surface area contributed by atoms with Crippen molar-refractivity contribution in [2.75, 3.05) is 7.05 Å². The van der Waals surface area contributed by atoms with Crippen LogP contribution in [0, 0.1) is 0 Å². The number of nitrogens with zero attached hydrogens (tertiary/aromatic N) is 4. The molecule has 21 heavy (non-hydrogen) atoms. The first-order valence-corrected chi connectivity index (χ1v) is 5.32. The fourth-order valence-electron chi connectivity index (χ4n) is 1.37. The zero-order valence-corrected chi connectivity index (χ0v) is 13.7. The molecule has 0 amide bonds. The summed E-state index contributed by atoms with van der Waals surface area (Å²) in [4.78, 5) is 8.60. The SMILES string of the molecule is C=[N+](c1nc(-c2cccc(CN)n2)co1)N(C)N.Cl.Cl.Cl. The molecule has 0 aromatic carbocycles. The number of halogens is 3. The molecule has 0 fully saturated rings. The zero-order chi connectivity index (χ0) is 13.1. The van der Waals surface area contributed by atoms with Gasteiger partial charge in [0.15, 0.2) is 6.26 Å². The molecular weight excluding hydrogens is 339 g/mol. The van der Waals surface area contributed by atoms with Crippen LogP contribution in [0.25, 0.3) is 11.4 Å². The monoisotopic (exact) mass is 355 g/mol. The summed E-state index contributed by atoms with van der Waals surface area (Å²) in [5.41, 5.74) is 7.64.